The number of rotatable bonds is 1. The van der Waals surface area contributed by atoms with Gasteiger partial charge >= 0.3 is 0 Å². The highest BCUT2D eigenvalue weighted by atomic mass is 35.5. The lowest BCUT2D eigenvalue weighted by Gasteiger charge is -2.02. The van der Waals surface area contributed by atoms with Crippen LogP contribution in [0.25, 0.3) is 10.9 Å². The van der Waals surface area contributed by atoms with Gasteiger partial charge in [-0.3, -0.25) is 0 Å². The van der Waals surface area contributed by atoms with Crippen LogP contribution < -0.4 is 5.32 Å². The van der Waals surface area contributed by atoms with Gasteiger partial charge in [-0.1, -0.05) is 23.7 Å². The van der Waals surface area contributed by atoms with Crippen LogP contribution in [0.1, 0.15) is 0 Å². The molecule has 1 aromatic carbocycles. The Labute approximate surface area is 80.8 Å². The van der Waals surface area contributed by atoms with Gasteiger partial charge in [-0.25, -0.2) is 9.97 Å². The van der Waals surface area contributed by atoms with Gasteiger partial charge in [0.1, 0.15) is 5.15 Å². The minimum atomic E-state index is 0.481. The molecule has 0 amide bonds. The summed E-state index contributed by atoms with van der Waals surface area (Å²) in [6, 6.07) is 7.64. The number of fused-ring (bicyclic) bond motifs is 1. The van der Waals surface area contributed by atoms with Crippen molar-refractivity contribution in [2.45, 2.75) is 0 Å². The van der Waals surface area contributed by atoms with E-state index in [9.17, 15) is 0 Å². The number of nitrogens with one attached hydrogen (secondary N) is 1. The van der Waals surface area contributed by atoms with Crippen LogP contribution in [0.15, 0.2) is 24.3 Å². The topological polar surface area (TPSA) is 37.8 Å². The third-order valence-corrected chi connectivity index (χ3v) is 2.07. The molecular weight excluding hydrogens is 186 g/mol. The average molecular weight is 194 g/mol. The van der Waals surface area contributed by atoms with E-state index in [1.165, 1.54) is 0 Å². The molecule has 1 N–H and O–H groups in total. The van der Waals surface area contributed by atoms with Crippen LogP contribution in [0.3, 0.4) is 0 Å². The molecule has 4 heteroatoms. The zero-order valence-electron chi connectivity index (χ0n) is 7.08. The maximum absolute atomic E-state index is 5.95. The van der Waals surface area contributed by atoms with Crippen molar-refractivity contribution >= 4 is 28.5 Å². The number of para-hydroxylation sites is 1. The third kappa shape index (κ3) is 1.42. The fraction of sp³-hybridized carbons (Fsp3) is 0.111. The van der Waals surface area contributed by atoms with Crippen molar-refractivity contribution in [2.75, 3.05) is 12.4 Å². The van der Waals surface area contributed by atoms with Crippen molar-refractivity contribution < 1.29 is 0 Å². The summed E-state index contributed by atoms with van der Waals surface area (Å²) in [4.78, 5) is 8.31. The molecule has 1 aromatic heterocycles. The van der Waals surface area contributed by atoms with Crippen molar-refractivity contribution in [1.29, 1.82) is 0 Å². The van der Waals surface area contributed by atoms with Gasteiger partial charge in [-0.2, -0.15) is 0 Å². The zero-order chi connectivity index (χ0) is 9.26. The quantitative estimate of drug-likeness (QED) is 0.707. The van der Waals surface area contributed by atoms with E-state index >= 15 is 0 Å². The second kappa shape index (κ2) is 3.18. The van der Waals surface area contributed by atoms with Crippen LogP contribution in [0, 0.1) is 0 Å². The molecule has 0 aliphatic rings. The van der Waals surface area contributed by atoms with Gasteiger partial charge < -0.3 is 5.32 Å². The van der Waals surface area contributed by atoms with E-state index in [4.69, 9.17) is 11.6 Å². The molecule has 0 aliphatic heterocycles. The number of anilines is 1. The van der Waals surface area contributed by atoms with Crippen molar-refractivity contribution in [3.05, 3.63) is 29.4 Å². The summed E-state index contributed by atoms with van der Waals surface area (Å²) in [7, 11) is 1.76. The molecule has 0 radical (unpaired) electrons. The predicted octanol–water partition coefficient (Wildman–Crippen LogP) is 2.32. The van der Waals surface area contributed by atoms with Crippen molar-refractivity contribution in [2.24, 2.45) is 0 Å². The lowest BCUT2D eigenvalue weighted by Crippen LogP contribution is -1.96. The van der Waals surface area contributed by atoms with Gasteiger partial charge in [0.2, 0.25) is 5.95 Å². The molecular formula is C9H8ClN3. The molecule has 2 rings (SSSR count). The van der Waals surface area contributed by atoms with Gasteiger partial charge in [0.15, 0.2) is 0 Å². The Balaban J connectivity index is 2.77. The van der Waals surface area contributed by atoms with E-state index in [1.54, 1.807) is 7.05 Å². The second-order valence-electron chi connectivity index (χ2n) is 2.61. The molecule has 3 nitrogen and oxygen atoms in total. The lowest BCUT2D eigenvalue weighted by atomic mass is 10.2. The summed E-state index contributed by atoms with van der Waals surface area (Å²) in [5.74, 6) is 0.545. The molecule has 0 bridgehead atoms. The molecule has 2 aromatic rings. The van der Waals surface area contributed by atoms with Crippen molar-refractivity contribution in [1.82, 2.24) is 9.97 Å². The summed E-state index contributed by atoms with van der Waals surface area (Å²) >= 11 is 5.95. The smallest absolute Gasteiger partial charge is 0.224 e. The van der Waals surface area contributed by atoms with E-state index in [2.05, 4.69) is 15.3 Å². The van der Waals surface area contributed by atoms with E-state index in [-0.39, 0.29) is 0 Å². The van der Waals surface area contributed by atoms with Gasteiger partial charge in [0.25, 0.3) is 0 Å². The Morgan fingerprint density at radius 1 is 1.23 bits per heavy atom. The lowest BCUT2D eigenvalue weighted by molar-refractivity contribution is 1.19. The third-order valence-electron chi connectivity index (χ3n) is 1.78. The minimum Gasteiger partial charge on any atom is -0.357 e. The molecule has 0 spiro atoms. The summed E-state index contributed by atoms with van der Waals surface area (Å²) < 4.78 is 0. The maximum atomic E-state index is 5.95. The van der Waals surface area contributed by atoms with Crippen molar-refractivity contribution in [3.8, 4) is 0 Å². The number of hydrogen-bond acceptors (Lipinski definition) is 3. The van der Waals surface area contributed by atoms with Crippen LogP contribution >= 0.6 is 11.6 Å². The highest BCUT2D eigenvalue weighted by Crippen LogP contribution is 2.20. The Kier molecular flexibility index (Phi) is 2.02. The first-order valence-corrected chi connectivity index (χ1v) is 4.29. The van der Waals surface area contributed by atoms with E-state index < -0.39 is 0 Å². The Morgan fingerprint density at radius 3 is 2.77 bits per heavy atom. The molecule has 0 unspecified atom stereocenters. The molecule has 66 valence electrons. The molecule has 0 atom stereocenters. The van der Waals surface area contributed by atoms with Crippen LogP contribution in [0.5, 0.6) is 0 Å². The first-order chi connectivity index (χ1) is 6.31. The normalized spacial score (nSPS) is 10.3. The Bertz CT molecular complexity index is 442. The second-order valence-corrected chi connectivity index (χ2v) is 2.96. The van der Waals surface area contributed by atoms with Crippen molar-refractivity contribution in [3.63, 3.8) is 0 Å². The molecule has 1 heterocycles. The number of halogens is 1. The van der Waals surface area contributed by atoms with E-state index in [0.717, 1.165) is 10.9 Å². The molecule has 0 saturated heterocycles. The molecule has 0 fully saturated rings. The Morgan fingerprint density at radius 2 is 2.00 bits per heavy atom. The number of hydrogen-bond donors (Lipinski definition) is 1. The standard InChI is InChI=1S/C9H8ClN3/c1-11-9-12-7-5-3-2-4-6(7)8(10)13-9/h2-5H,1H3,(H,11,12,13). The number of benzene rings is 1. The highest BCUT2D eigenvalue weighted by Gasteiger charge is 2.02. The SMILES string of the molecule is CNc1nc(Cl)c2ccccc2n1. The fourth-order valence-electron chi connectivity index (χ4n) is 1.15. The number of nitrogens with zero attached hydrogens (tertiary/aromatic N) is 2. The minimum absolute atomic E-state index is 0.481. The van der Waals surface area contributed by atoms with Gasteiger partial charge in [-0.15, -0.1) is 0 Å². The first kappa shape index (κ1) is 8.26. The zero-order valence-corrected chi connectivity index (χ0v) is 7.84. The van der Waals surface area contributed by atoms with Crippen LogP contribution in [-0.2, 0) is 0 Å². The van der Waals surface area contributed by atoms with Crippen LogP contribution in [-0.4, -0.2) is 17.0 Å². The largest absolute Gasteiger partial charge is 0.357 e. The van der Waals surface area contributed by atoms with Gasteiger partial charge in [0.05, 0.1) is 5.52 Å². The van der Waals surface area contributed by atoms with Gasteiger partial charge in [0, 0.05) is 12.4 Å². The summed E-state index contributed by atoms with van der Waals surface area (Å²) in [6.45, 7) is 0. The highest BCUT2D eigenvalue weighted by molar-refractivity contribution is 6.34. The average Bonchev–Trinajstić information content (AvgIpc) is 2.18. The fourth-order valence-corrected chi connectivity index (χ4v) is 1.39. The Hall–Kier alpha value is -1.35. The molecule has 0 aliphatic carbocycles. The van der Waals surface area contributed by atoms with E-state index in [0.29, 0.717) is 11.1 Å². The van der Waals surface area contributed by atoms with Crippen LogP contribution in [0.4, 0.5) is 5.95 Å². The first-order valence-electron chi connectivity index (χ1n) is 3.91. The maximum Gasteiger partial charge on any atom is 0.224 e. The summed E-state index contributed by atoms with van der Waals surface area (Å²) in [6.07, 6.45) is 0. The van der Waals surface area contributed by atoms with Gasteiger partial charge in [-0.05, 0) is 12.1 Å². The van der Waals surface area contributed by atoms with Crippen LogP contribution in [0.2, 0.25) is 5.15 Å². The molecule has 0 saturated carbocycles. The predicted molar refractivity (Wildman–Crippen MR) is 54.1 cm³/mol. The summed E-state index contributed by atoms with van der Waals surface area (Å²) in [5.41, 5.74) is 0.854. The van der Waals surface area contributed by atoms with E-state index in [1.807, 2.05) is 24.3 Å². The summed E-state index contributed by atoms with van der Waals surface area (Å²) in [5, 5.41) is 4.21. The molecule has 13 heavy (non-hydrogen) atoms. The number of aromatic nitrogens is 2. The monoisotopic (exact) mass is 193 g/mol.